The summed E-state index contributed by atoms with van der Waals surface area (Å²) < 4.78 is 0. The van der Waals surface area contributed by atoms with Crippen LogP contribution in [0.25, 0.3) is 0 Å². The van der Waals surface area contributed by atoms with Crippen LogP contribution in [0.1, 0.15) is 17.5 Å². The molecule has 1 atom stereocenters. The Morgan fingerprint density at radius 2 is 1.89 bits per heavy atom. The summed E-state index contributed by atoms with van der Waals surface area (Å²) in [7, 11) is 1.80. The summed E-state index contributed by atoms with van der Waals surface area (Å²) in [6, 6.07) is 8.04. The molecule has 0 bridgehead atoms. The van der Waals surface area contributed by atoms with Crippen molar-refractivity contribution in [3.8, 4) is 6.07 Å². The van der Waals surface area contributed by atoms with Gasteiger partial charge in [0.2, 0.25) is 5.91 Å². The first-order valence-electron chi connectivity index (χ1n) is 6.50. The van der Waals surface area contributed by atoms with Gasteiger partial charge in [0.15, 0.2) is 0 Å². The molecule has 1 heterocycles. The molecular weight excluding hydrogens is 238 g/mol. The Morgan fingerprint density at radius 3 is 2.47 bits per heavy atom. The molecule has 0 N–H and O–H groups in total. The third kappa shape index (κ3) is 2.70. The summed E-state index contributed by atoms with van der Waals surface area (Å²) in [6.45, 7) is 5.58. The number of carbonyl (C=O) groups is 1. The predicted octanol–water partition coefficient (Wildman–Crippen LogP) is 1.86. The van der Waals surface area contributed by atoms with Crippen molar-refractivity contribution in [3.05, 3.63) is 29.3 Å². The maximum atomic E-state index is 12.2. The number of rotatable bonds is 2. The van der Waals surface area contributed by atoms with Gasteiger partial charge in [-0.3, -0.25) is 4.79 Å². The molecule has 0 aliphatic carbocycles. The van der Waals surface area contributed by atoms with Crippen molar-refractivity contribution in [3.63, 3.8) is 0 Å². The first-order chi connectivity index (χ1) is 9.02. The summed E-state index contributed by atoms with van der Waals surface area (Å²) in [5.74, 6) is 0.0342. The molecule has 1 unspecified atom stereocenters. The van der Waals surface area contributed by atoms with E-state index in [1.54, 1.807) is 11.9 Å². The van der Waals surface area contributed by atoms with Crippen LogP contribution in [0, 0.1) is 25.2 Å². The maximum Gasteiger partial charge on any atom is 0.246 e. The van der Waals surface area contributed by atoms with Gasteiger partial charge in [-0.15, -0.1) is 0 Å². The zero-order chi connectivity index (χ0) is 14.0. The zero-order valence-electron chi connectivity index (χ0n) is 11.7. The lowest BCUT2D eigenvalue weighted by atomic mass is 10.0. The number of hydrogen-bond acceptors (Lipinski definition) is 3. The van der Waals surface area contributed by atoms with Crippen molar-refractivity contribution in [1.82, 2.24) is 4.90 Å². The third-order valence-electron chi connectivity index (χ3n) is 3.54. The minimum Gasteiger partial charge on any atom is -0.357 e. The minimum absolute atomic E-state index is 0.0342. The monoisotopic (exact) mass is 257 g/mol. The van der Waals surface area contributed by atoms with Gasteiger partial charge in [0.05, 0.1) is 12.5 Å². The molecule has 1 amide bonds. The molecule has 0 aromatic heterocycles. The lowest BCUT2D eigenvalue weighted by Gasteiger charge is -2.40. The van der Waals surface area contributed by atoms with E-state index in [-0.39, 0.29) is 18.4 Å². The average Bonchev–Trinajstić information content (AvgIpc) is 2.34. The topological polar surface area (TPSA) is 47.3 Å². The summed E-state index contributed by atoms with van der Waals surface area (Å²) in [4.78, 5) is 16.0. The highest BCUT2D eigenvalue weighted by molar-refractivity contribution is 5.86. The van der Waals surface area contributed by atoms with E-state index in [9.17, 15) is 4.79 Å². The summed E-state index contributed by atoms with van der Waals surface area (Å²) in [5, 5.41) is 8.95. The number of anilines is 1. The van der Waals surface area contributed by atoms with Crippen LogP contribution in [-0.4, -0.2) is 37.0 Å². The van der Waals surface area contributed by atoms with E-state index < -0.39 is 0 Å². The Hall–Kier alpha value is -2.02. The van der Waals surface area contributed by atoms with E-state index >= 15 is 0 Å². The molecule has 1 saturated heterocycles. The van der Waals surface area contributed by atoms with Crippen molar-refractivity contribution in [2.75, 3.05) is 25.0 Å². The van der Waals surface area contributed by atoms with Crippen molar-refractivity contribution in [1.29, 1.82) is 5.26 Å². The Morgan fingerprint density at radius 1 is 1.26 bits per heavy atom. The molecule has 2 rings (SSSR count). The van der Waals surface area contributed by atoms with Crippen LogP contribution in [-0.2, 0) is 4.79 Å². The van der Waals surface area contributed by atoms with Gasteiger partial charge in [0.1, 0.15) is 6.04 Å². The Kier molecular flexibility index (Phi) is 3.75. The quantitative estimate of drug-likeness (QED) is 0.812. The molecule has 4 nitrogen and oxygen atoms in total. The largest absolute Gasteiger partial charge is 0.357 e. The third-order valence-corrected chi connectivity index (χ3v) is 3.54. The second kappa shape index (κ2) is 5.31. The van der Waals surface area contributed by atoms with Crippen molar-refractivity contribution < 1.29 is 4.79 Å². The average molecular weight is 257 g/mol. The van der Waals surface area contributed by atoms with Crippen LogP contribution in [0.4, 0.5) is 5.69 Å². The van der Waals surface area contributed by atoms with E-state index in [0.717, 1.165) is 12.2 Å². The maximum absolute atomic E-state index is 12.2. The van der Waals surface area contributed by atoms with E-state index in [2.05, 4.69) is 29.2 Å². The Labute approximate surface area is 114 Å². The fourth-order valence-electron chi connectivity index (χ4n) is 2.62. The molecule has 1 aliphatic rings. The highest BCUT2D eigenvalue weighted by atomic mass is 16.2. The van der Waals surface area contributed by atoms with E-state index in [0.29, 0.717) is 6.54 Å². The number of aryl methyl sites for hydroxylation is 2. The molecule has 1 aromatic rings. The molecule has 1 aromatic carbocycles. The van der Waals surface area contributed by atoms with Crippen molar-refractivity contribution in [2.24, 2.45) is 0 Å². The molecule has 0 spiro atoms. The first kappa shape index (κ1) is 13.4. The molecule has 19 heavy (non-hydrogen) atoms. The van der Waals surface area contributed by atoms with Gasteiger partial charge in [-0.2, -0.15) is 5.26 Å². The summed E-state index contributed by atoms with van der Waals surface area (Å²) in [5.41, 5.74) is 3.40. The fraction of sp³-hybridized carbons (Fsp3) is 0.467. The van der Waals surface area contributed by atoms with Crippen LogP contribution < -0.4 is 4.90 Å². The van der Waals surface area contributed by atoms with E-state index in [4.69, 9.17) is 5.26 Å². The second-order valence-electron chi connectivity index (χ2n) is 5.18. The van der Waals surface area contributed by atoms with Crippen LogP contribution in [0.15, 0.2) is 18.2 Å². The van der Waals surface area contributed by atoms with Gasteiger partial charge in [-0.05, 0) is 37.1 Å². The molecule has 1 fully saturated rings. The number of nitrogens with zero attached hydrogens (tertiary/aromatic N) is 3. The smallest absolute Gasteiger partial charge is 0.246 e. The molecule has 0 saturated carbocycles. The van der Waals surface area contributed by atoms with Gasteiger partial charge < -0.3 is 9.80 Å². The van der Waals surface area contributed by atoms with Gasteiger partial charge in [-0.1, -0.05) is 6.07 Å². The second-order valence-corrected chi connectivity index (χ2v) is 5.18. The number of nitriles is 1. The van der Waals surface area contributed by atoms with Crippen molar-refractivity contribution in [2.45, 2.75) is 26.3 Å². The van der Waals surface area contributed by atoms with Crippen LogP contribution in [0.2, 0.25) is 0 Å². The summed E-state index contributed by atoms with van der Waals surface area (Å²) >= 11 is 0. The number of likely N-dealkylation sites (N-methyl/N-ethyl adjacent to an activating group) is 1. The number of piperazine rings is 1. The molecule has 1 aliphatic heterocycles. The van der Waals surface area contributed by atoms with Crippen LogP contribution in [0.3, 0.4) is 0 Å². The number of hydrogen-bond donors (Lipinski definition) is 0. The Balaban J connectivity index is 2.36. The lowest BCUT2D eigenvalue weighted by Crippen LogP contribution is -2.55. The zero-order valence-corrected chi connectivity index (χ0v) is 11.7. The van der Waals surface area contributed by atoms with Crippen LogP contribution >= 0.6 is 0 Å². The normalized spacial score (nSPS) is 19.5. The van der Waals surface area contributed by atoms with Gasteiger partial charge in [0.25, 0.3) is 0 Å². The van der Waals surface area contributed by atoms with Crippen LogP contribution in [0.5, 0.6) is 0 Å². The molecule has 4 heteroatoms. The highest BCUT2D eigenvalue weighted by Gasteiger charge is 2.33. The van der Waals surface area contributed by atoms with E-state index in [1.165, 1.54) is 11.1 Å². The lowest BCUT2D eigenvalue weighted by molar-refractivity contribution is -0.132. The van der Waals surface area contributed by atoms with Gasteiger partial charge in [0, 0.05) is 25.8 Å². The molecular formula is C15H19N3O. The first-order valence-corrected chi connectivity index (χ1v) is 6.50. The van der Waals surface area contributed by atoms with Gasteiger partial charge in [-0.25, -0.2) is 0 Å². The van der Waals surface area contributed by atoms with Crippen molar-refractivity contribution >= 4 is 11.6 Å². The highest BCUT2D eigenvalue weighted by Crippen LogP contribution is 2.25. The Bertz CT molecular complexity index is 512. The van der Waals surface area contributed by atoms with Gasteiger partial charge >= 0.3 is 0 Å². The summed E-state index contributed by atoms with van der Waals surface area (Å²) in [6.07, 6.45) is 0.232. The number of carbonyl (C=O) groups excluding carboxylic acids is 1. The minimum atomic E-state index is -0.357. The SMILES string of the molecule is Cc1cc(C)cc(N2CCN(C)C(=O)C2CC#N)c1. The molecule has 100 valence electrons. The van der Waals surface area contributed by atoms with E-state index in [1.807, 2.05) is 13.8 Å². The predicted molar refractivity (Wildman–Crippen MR) is 74.9 cm³/mol. The number of amides is 1. The standard InChI is InChI=1S/C15H19N3O/c1-11-8-12(2)10-13(9-11)18-7-6-17(3)15(19)14(18)4-5-16/h8-10,14H,4,6-7H2,1-3H3. The molecule has 0 radical (unpaired) electrons. The fourth-order valence-corrected chi connectivity index (χ4v) is 2.62. The number of benzene rings is 1.